The Morgan fingerprint density at radius 1 is 1.23 bits per heavy atom. The summed E-state index contributed by atoms with van der Waals surface area (Å²) < 4.78 is 0. The first kappa shape index (κ1) is 9.20. The number of ketones is 1. The fraction of sp³-hybridized carbons (Fsp3) is 0.909. The second-order valence-electron chi connectivity index (χ2n) is 4.43. The molecule has 0 spiro atoms. The average molecular weight is 181 g/mol. The fourth-order valence-corrected chi connectivity index (χ4v) is 2.72. The highest BCUT2D eigenvalue weighted by molar-refractivity contribution is 5.84. The number of carbonyl (C=O) groups excluding carboxylic acids is 1. The third-order valence-corrected chi connectivity index (χ3v) is 3.56. The Balaban J connectivity index is 2.09. The number of rotatable bonds is 1. The predicted octanol–water partition coefficient (Wildman–Crippen LogP) is 1.70. The van der Waals surface area contributed by atoms with Gasteiger partial charge in [-0.05, 0) is 19.4 Å². The summed E-state index contributed by atoms with van der Waals surface area (Å²) in [5, 5.41) is 0. The van der Waals surface area contributed by atoms with E-state index >= 15 is 0 Å². The van der Waals surface area contributed by atoms with Gasteiger partial charge in [0.25, 0.3) is 0 Å². The molecule has 74 valence electrons. The summed E-state index contributed by atoms with van der Waals surface area (Å²) in [6, 6.07) is 0. The topological polar surface area (TPSA) is 20.3 Å². The summed E-state index contributed by atoms with van der Waals surface area (Å²) in [7, 11) is 0. The molecule has 2 heteroatoms. The normalized spacial score (nSPS) is 35.9. The zero-order chi connectivity index (χ0) is 9.26. The standard InChI is InChI=1S/C11H19NO/c1-2-12-7-9-5-3-4-6-10(8-12)11(9)13/h9-10H,2-8H2,1H3. The number of hydrogen-bond donors (Lipinski definition) is 0. The molecule has 2 bridgehead atoms. The van der Waals surface area contributed by atoms with Crippen LogP contribution in [0.25, 0.3) is 0 Å². The van der Waals surface area contributed by atoms with Crippen LogP contribution in [0.3, 0.4) is 0 Å². The van der Waals surface area contributed by atoms with Crippen LogP contribution in [0.5, 0.6) is 0 Å². The quantitative estimate of drug-likeness (QED) is 0.613. The molecule has 1 heterocycles. The molecule has 0 amide bonds. The summed E-state index contributed by atoms with van der Waals surface area (Å²) in [6.45, 7) is 5.37. The van der Waals surface area contributed by atoms with E-state index in [2.05, 4.69) is 11.8 Å². The third kappa shape index (κ3) is 1.78. The second-order valence-corrected chi connectivity index (χ2v) is 4.43. The summed E-state index contributed by atoms with van der Waals surface area (Å²) >= 11 is 0. The molecule has 2 aliphatic rings. The highest BCUT2D eigenvalue weighted by Gasteiger charge is 2.35. The smallest absolute Gasteiger partial charge is 0.141 e. The van der Waals surface area contributed by atoms with Gasteiger partial charge in [-0.3, -0.25) is 4.79 Å². The van der Waals surface area contributed by atoms with Gasteiger partial charge in [0.1, 0.15) is 5.78 Å². The van der Waals surface area contributed by atoms with Crippen LogP contribution >= 0.6 is 0 Å². The Hall–Kier alpha value is -0.370. The van der Waals surface area contributed by atoms with E-state index in [0.717, 1.165) is 32.5 Å². The zero-order valence-corrected chi connectivity index (χ0v) is 8.46. The molecule has 0 aromatic heterocycles. The molecule has 0 radical (unpaired) electrons. The van der Waals surface area contributed by atoms with E-state index in [1.807, 2.05) is 0 Å². The van der Waals surface area contributed by atoms with Crippen LogP contribution in [0.2, 0.25) is 0 Å². The summed E-state index contributed by atoms with van der Waals surface area (Å²) in [6.07, 6.45) is 4.83. The van der Waals surface area contributed by atoms with Gasteiger partial charge in [-0.15, -0.1) is 0 Å². The van der Waals surface area contributed by atoms with Gasteiger partial charge in [-0.1, -0.05) is 19.8 Å². The van der Waals surface area contributed by atoms with Crippen molar-refractivity contribution in [2.75, 3.05) is 19.6 Å². The fourth-order valence-electron chi connectivity index (χ4n) is 2.72. The van der Waals surface area contributed by atoms with Gasteiger partial charge in [-0.25, -0.2) is 0 Å². The molecule has 1 aliphatic carbocycles. The molecule has 2 rings (SSSR count). The number of nitrogens with zero attached hydrogens (tertiary/aromatic N) is 1. The van der Waals surface area contributed by atoms with Gasteiger partial charge in [0.2, 0.25) is 0 Å². The summed E-state index contributed by atoms with van der Waals surface area (Å²) in [5.74, 6) is 1.32. The first-order valence-corrected chi connectivity index (χ1v) is 5.57. The van der Waals surface area contributed by atoms with E-state index in [-0.39, 0.29) is 0 Å². The molecule has 1 aliphatic heterocycles. The summed E-state index contributed by atoms with van der Waals surface area (Å²) in [5.41, 5.74) is 0. The largest absolute Gasteiger partial charge is 0.302 e. The van der Waals surface area contributed by atoms with Gasteiger partial charge >= 0.3 is 0 Å². The van der Waals surface area contributed by atoms with Gasteiger partial charge in [0.15, 0.2) is 0 Å². The van der Waals surface area contributed by atoms with Crippen molar-refractivity contribution in [1.82, 2.24) is 4.90 Å². The van der Waals surface area contributed by atoms with Crippen LogP contribution in [0.1, 0.15) is 32.6 Å². The highest BCUT2D eigenvalue weighted by Crippen LogP contribution is 2.29. The van der Waals surface area contributed by atoms with Crippen molar-refractivity contribution in [1.29, 1.82) is 0 Å². The Labute approximate surface area is 80.3 Å². The Morgan fingerprint density at radius 2 is 1.77 bits per heavy atom. The number of Topliss-reactive ketones (excluding diaryl/α,β-unsaturated/α-hetero) is 1. The Bertz CT molecular complexity index is 184. The van der Waals surface area contributed by atoms with Crippen LogP contribution in [-0.4, -0.2) is 30.3 Å². The number of piperidine rings is 1. The maximum Gasteiger partial charge on any atom is 0.141 e. The Kier molecular flexibility index (Phi) is 2.68. The first-order valence-electron chi connectivity index (χ1n) is 5.57. The van der Waals surface area contributed by atoms with Gasteiger partial charge in [-0.2, -0.15) is 0 Å². The van der Waals surface area contributed by atoms with E-state index in [1.165, 1.54) is 12.8 Å². The van der Waals surface area contributed by atoms with E-state index in [9.17, 15) is 4.79 Å². The van der Waals surface area contributed by atoms with Crippen molar-refractivity contribution in [3.05, 3.63) is 0 Å². The monoisotopic (exact) mass is 181 g/mol. The third-order valence-electron chi connectivity index (χ3n) is 3.56. The number of carbonyl (C=O) groups is 1. The second kappa shape index (κ2) is 3.79. The number of hydrogen-bond acceptors (Lipinski definition) is 2. The molecule has 0 aromatic rings. The average Bonchev–Trinajstić information content (AvgIpc) is 2.26. The summed E-state index contributed by atoms with van der Waals surface area (Å²) in [4.78, 5) is 14.3. The lowest BCUT2D eigenvalue weighted by Gasteiger charge is -2.34. The van der Waals surface area contributed by atoms with Crippen LogP contribution in [0.15, 0.2) is 0 Å². The maximum absolute atomic E-state index is 11.9. The lowest BCUT2D eigenvalue weighted by atomic mass is 9.87. The van der Waals surface area contributed by atoms with Crippen LogP contribution in [-0.2, 0) is 4.79 Å². The minimum absolute atomic E-state index is 0.376. The highest BCUT2D eigenvalue weighted by atomic mass is 16.1. The van der Waals surface area contributed by atoms with Crippen molar-refractivity contribution in [3.63, 3.8) is 0 Å². The first-order chi connectivity index (χ1) is 6.31. The molecule has 2 nitrogen and oxygen atoms in total. The minimum atomic E-state index is 0.376. The molecule has 2 fully saturated rings. The van der Waals surface area contributed by atoms with Crippen LogP contribution < -0.4 is 0 Å². The lowest BCUT2D eigenvalue weighted by Crippen LogP contribution is -2.45. The molecule has 2 atom stereocenters. The molecule has 0 aromatic carbocycles. The van der Waals surface area contributed by atoms with Crippen molar-refractivity contribution in [3.8, 4) is 0 Å². The van der Waals surface area contributed by atoms with Crippen molar-refractivity contribution in [2.24, 2.45) is 11.8 Å². The molecule has 13 heavy (non-hydrogen) atoms. The van der Waals surface area contributed by atoms with Crippen molar-refractivity contribution >= 4 is 5.78 Å². The van der Waals surface area contributed by atoms with Crippen LogP contribution in [0, 0.1) is 11.8 Å². The van der Waals surface area contributed by atoms with Crippen molar-refractivity contribution in [2.45, 2.75) is 32.6 Å². The molecule has 1 saturated carbocycles. The van der Waals surface area contributed by atoms with E-state index in [1.54, 1.807) is 0 Å². The SMILES string of the molecule is CCN1CC2CCCCC(C1)C2=O. The minimum Gasteiger partial charge on any atom is -0.302 e. The van der Waals surface area contributed by atoms with Gasteiger partial charge in [0.05, 0.1) is 0 Å². The molecule has 2 unspecified atom stereocenters. The van der Waals surface area contributed by atoms with Gasteiger partial charge < -0.3 is 4.90 Å². The molecule has 1 saturated heterocycles. The maximum atomic E-state index is 11.9. The van der Waals surface area contributed by atoms with E-state index in [4.69, 9.17) is 0 Å². The van der Waals surface area contributed by atoms with Gasteiger partial charge in [0, 0.05) is 24.9 Å². The predicted molar refractivity (Wildman–Crippen MR) is 52.6 cm³/mol. The lowest BCUT2D eigenvalue weighted by molar-refractivity contribution is -0.131. The molecular weight excluding hydrogens is 162 g/mol. The molecule has 0 N–H and O–H groups in total. The zero-order valence-electron chi connectivity index (χ0n) is 8.46. The Morgan fingerprint density at radius 3 is 2.23 bits per heavy atom. The number of fused-ring (bicyclic) bond motifs is 2. The van der Waals surface area contributed by atoms with E-state index in [0.29, 0.717) is 17.6 Å². The number of likely N-dealkylation sites (tertiary alicyclic amines) is 1. The van der Waals surface area contributed by atoms with Crippen molar-refractivity contribution < 1.29 is 4.79 Å². The molecular formula is C11H19NO. The van der Waals surface area contributed by atoms with Crippen LogP contribution in [0.4, 0.5) is 0 Å². The van der Waals surface area contributed by atoms with E-state index < -0.39 is 0 Å².